The summed E-state index contributed by atoms with van der Waals surface area (Å²) in [6.07, 6.45) is 0. The Labute approximate surface area is 160 Å². The highest BCUT2D eigenvalue weighted by Crippen LogP contribution is 2.38. The molecule has 0 aliphatic rings. The summed E-state index contributed by atoms with van der Waals surface area (Å²) in [5.41, 5.74) is 1.59. The van der Waals surface area contributed by atoms with Crippen molar-refractivity contribution in [1.82, 2.24) is 10.2 Å². The van der Waals surface area contributed by atoms with Crippen molar-refractivity contribution >= 4 is 39.8 Å². The van der Waals surface area contributed by atoms with Crippen LogP contribution in [-0.2, 0) is 4.79 Å². The Morgan fingerprint density at radius 2 is 1.96 bits per heavy atom. The molecule has 1 atom stereocenters. The van der Waals surface area contributed by atoms with Gasteiger partial charge < -0.3 is 15.4 Å². The molecule has 2 N–H and O–H groups in total. The Hall–Kier alpha value is -2.58. The van der Waals surface area contributed by atoms with E-state index in [1.54, 1.807) is 20.2 Å². The lowest BCUT2D eigenvalue weighted by Gasteiger charge is -2.16. The molecule has 1 heterocycles. The largest absolute Gasteiger partial charge is 0.497 e. The SMILES string of the molecule is CNc1nnc(S[C@@H](C(=O)Nc2cccc(OC)c2)c2ccccc2)s1. The average Bonchev–Trinajstić information content (AvgIpc) is 3.14. The molecule has 3 aromatic rings. The predicted molar refractivity (Wildman–Crippen MR) is 106 cm³/mol. The van der Waals surface area contributed by atoms with Gasteiger partial charge in [-0.15, -0.1) is 10.2 Å². The molecule has 134 valence electrons. The first-order valence-corrected chi connectivity index (χ1v) is 9.57. The quantitative estimate of drug-likeness (QED) is 0.597. The number of carbonyl (C=O) groups excluding carboxylic acids is 1. The normalized spacial score (nSPS) is 11.6. The molecule has 3 rings (SSSR count). The molecule has 0 fully saturated rings. The van der Waals surface area contributed by atoms with E-state index in [4.69, 9.17) is 4.74 Å². The second-order valence-electron chi connectivity index (χ2n) is 5.25. The van der Waals surface area contributed by atoms with Gasteiger partial charge in [0, 0.05) is 18.8 Å². The standard InChI is InChI=1S/C18H18N4O2S2/c1-19-17-21-22-18(26-17)25-15(12-7-4-3-5-8-12)16(23)20-13-9-6-10-14(11-13)24-2/h3-11,15H,1-2H3,(H,19,21)(H,20,23)/t15-/m1/s1. The van der Waals surface area contributed by atoms with Crippen molar-refractivity contribution < 1.29 is 9.53 Å². The zero-order valence-corrected chi connectivity index (χ0v) is 15.9. The van der Waals surface area contributed by atoms with Gasteiger partial charge >= 0.3 is 0 Å². The van der Waals surface area contributed by atoms with Crippen molar-refractivity contribution in [2.45, 2.75) is 9.59 Å². The van der Waals surface area contributed by atoms with E-state index in [9.17, 15) is 4.79 Å². The van der Waals surface area contributed by atoms with Crippen molar-refractivity contribution in [2.24, 2.45) is 0 Å². The smallest absolute Gasteiger partial charge is 0.242 e. The maximum absolute atomic E-state index is 13.0. The van der Waals surface area contributed by atoms with E-state index in [-0.39, 0.29) is 5.91 Å². The highest BCUT2D eigenvalue weighted by atomic mass is 32.2. The molecule has 0 aliphatic carbocycles. The lowest BCUT2D eigenvalue weighted by molar-refractivity contribution is -0.115. The van der Waals surface area contributed by atoms with Gasteiger partial charge in [0.25, 0.3) is 0 Å². The number of benzene rings is 2. The van der Waals surface area contributed by atoms with Gasteiger partial charge in [0.15, 0.2) is 4.34 Å². The first-order chi connectivity index (χ1) is 12.7. The second-order valence-corrected chi connectivity index (χ2v) is 7.58. The third-order valence-electron chi connectivity index (χ3n) is 3.52. The van der Waals surface area contributed by atoms with Gasteiger partial charge in [-0.2, -0.15) is 0 Å². The number of ether oxygens (including phenoxy) is 1. The van der Waals surface area contributed by atoms with Crippen molar-refractivity contribution in [1.29, 1.82) is 0 Å². The van der Waals surface area contributed by atoms with Gasteiger partial charge in [0.2, 0.25) is 11.0 Å². The summed E-state index contributed by atoms with van der Waals surface area (Å²) >= 11 is 2.79. The number of rotatable bonds is 7. The molecule has 0 unspecified atom stereocenters. The Balaban J connectivity index is 1.83. The molecule has 0 bridgehead atoms. The van der Waals surface area contributed by atoms with Gasteiger partial charge in [0.05, 0.1) is 7.11 Å². The van der Waals surface area contributed by atoms with Crippen LogP contribution in [0, 0.1) is 0 Å². The predicted octanol–water partition coefficient (Wildman–Crippen LogP) is 4.06. The minimum Gasteiger partial charge on any atom is -0.497 e. The number of anilines is 2. The highest BCUT2D eigenvalue weighted by Gasteiger charge is 2.24. The fourth-order valence-corrected chi connectivity index (χ4v) is 4.17. The van der Waals surface area contributed by atoms with E-state index < -0.39 is 5.25 Å². The minimum atomic E-state index is -0.444. The van der Waals surface area contributed by atoms with Crippen molar-refractivity contribution in [2.75, 3.05) is 24.8 Å². The fraction of sp³-hybridized carbons (Fsp3) is 0.167. The topological polar surface area (TPSA) is 76.1 Å². The monoisotopic (exact) mass is 386 g/mol. The van der Waals surface area contributed by atoms with Gasteiger partial charge in [-0.25, -0.2) is 0 Å². The Kier molecular flexibility index (Phi) is 6.08. The number of hydrogen-bond acceptors (Lipinski definition) is 7. The summed E-state index contributed by atoms with van der Waals surface area (Å²) < 4.78 is 5.94. The van der Waals surface area contributed by atoms with Crippen LogP contribution in [0.3, 0.4) is 0 Å². The molecule has 26 heavy (non-hydrogen) atoms. The molecule has 0 spiro atoms. The van der Waals surface area contributed by atoms with Crippen LogP contribution in [0.1, 0.15) is 10.8 Å². The molecular weight excluding hydrogens is 368 g/mol. The summed E-state index contributed by atoms with van der Waals surface area (Å²) in [7, 11) is 3.39. The lowest BCUT2D eigenvalue weighted by atomic mass is 10.1. The number of thioether (sulfide) groups is 1. The summed E-state index contributed by atoms with van der Waals surface area (Å²) in [4.78, 5) is 13.0. The van der Waals surface area contributed by atoms with Crippen LogP contribution < -0.4 is 15.4 Å². The van der Waals surface area contributed by atoms with Crippen molar-refractivity contribution in [3.63, 3.8) is 0 Å². The Bertz CT molecular complexity index is 870. The van der Waals surface area contributed by atoms with Crippen LogP contribution in [-0.4, -0.2) is 30.3 Å². The number of aromatic nitrogens is 2. The van der Waals surface area contributed by atoms with Crippen molar-refractivity contribution in [3.8, 4) is 5.75 Å². The van der Waals surface area contributed by atoms with Crippen LogP contribution in [0.25, 0.3) is 0 Å². The summed E-state index contributed by atoms with van der Waals surface area (Å²) in [6, 6.07) is 16.9. The molecule has 6 nitrogen and oxygen atoms in total. The number of methoxy groups -OCH3 is 1. The van der Waals surface area contributed by atoms with Gasteiger partial charge in [0.1, 0.15) is 11.0 Å². The molecule has 1 aromatic heterocycles. The number of nitrogens with one attached hydrogen (secondary N) is 2. The van der Waals surface area contributed by atoms with Crippen LogP contribution in [0.15, 0.2) is 58.9 Å². The maximum Gasteiger partial charge on any atom is 0.242 e. The van der Waals surface area contributed by atoms with Crippen LogP contribution in [0.2, 0.25) is 0 Å². The van der Waals surface area contributed by atoms with Gasteiger partial charge in [-0.05, 0) is 17.7 Å². The summed E-state index contributed by atoms with van der Waals surface area (Å²) in [6.45, 7) is 0. The zero-order valence-electron chi connectivity index (χ0n) is 14.3. The van der Waals surface area contributed by atoms with Crippen LogP contribution in [0.4, 0.5) is 10.8 Å². The number of nitrogens with zero attached hydrogens (tertiary/aromatic N) is 2. The summed E-state index contributed by atoms with van der Waals surface area (Å²) in [5, 5.41) is 14.4. The Morgan fingerprint density at radius 3 is 2.65 bits per heavy atom. The maximum atomic E-state index is 13.0. The average molecular weight is 387 g/mol. The lowest BCUT2D eigenvalue weighted by Crippen LogP contribution is -2.19. The number of hydrogen-bond donors (Lipinski definition) is 2. The van der Waals surface area contributed by atoms with E-state index in [1.807, 2.05) is 48.5 Å². The first kappa shape index (κ1) is 18.2. The third kappa shape index (κ3) is 4.53. The van der Waals surface area contributed by atoms with Crippen molar-refractivity contribution in [3.05, 3.63) is 60.2 Å². The zero-order chi connectivity index (χ0) is 18.4. The number of amides is 1. The second kappa shape index (κ2) is 8.68. The molecule has 0 radical (unpaired) electrons. The molecule has 0 saturated heterocycles. The van der Waals surface area contributed by atoms with E-state index >= 15 is 0 Å². The summed E-state index contributed by atoms with van der Waals surface area (Å²) in [5.74, 6) is 0.560. The van der Waals surface area contributed by atoms with E-state index in [1.165, 1.54) is 23.1 Å². The van der Waals surface area contributed by atoms with E-state index in [0.29, 0.717) is 16.6 Å². The molecule has 1 amide bonds. The van der Waals surface area contributed by atoms with Crippen LogP contribution in [0.5, 0.6) is 5.75 Å². The molecule has 2 aromatic carbocycles. The Morgan fingerprint density at radius 1 is 1.15 bits per heavy atom. The fourth-order valence-electron chi connectivity index (χ4n) is 2.27. The molecular formula is C18H18N4O2S2. The highest BCUT2D eigenvalue weighted by molar-refractivity contribution is 8.02. The number of carbonyl (C=O) groups is 1. The minimum absolute atomic E-state index is 0.129. The van der Waals surface area contributed by atoms with E-state index in [2.05, 4.69) is 20.8 Å². The van der Waals surface area contributed by atoms with E-state index in [0.717, 1.165) is 9.90 Å². The molecule has 0 saturated carbocycles. The first-order valence-electron chi connectivity index (χ1n) is 7.87. The third-order valence-corrected chi connectivity index (χ3v) is 5.80. The molecule has 8 heteroatoms. The van der Waals surface area contributed by atoms with Gasteiger partial charge in [-0.3, -0.25) is 4.79 Å². The van der Waals surface area contributed by atoms with Gasteiger partial charge in [-0.1, -0.05) is 59.5 Å². The molecule has 0 aliphatic heterocycles. The van der Waals surface area contributed by atoms with Crippen LogP contribution >= 0.6 is 23.1 Å².